The highest BCUT2D eigenvalue weighted by molar-refractivity contribution is 5.73. The molecule has 6 heteroatoms. The van der Waals surface area contributed by atoms with Gasteiger partial charge in [-0.2, -0.15) is 0 Å². The third kappa shape index (κ3) is 4.84. The number of urea groups is 1. The fourth-order valence-electron chi connectivity index (χ4n) is 1.26. The quantitative estimate of drug-likeness (QED) is 0.606. The summed E-state index contributed by atoms with van der Waals surface area (Å²) in [5, 5.41) is 0.948. The maximum atomic E-state index is 11.1. The molecule has 0 aliphatic heterocycles. The fraction of sp³-hybridized carbons (Fsp3) is 0.333. The van der Waals surface area contributed by atoms with Crippen LogP contribution in [-0.2, 0) is 21.0 Å². The standard InChI is InChI=1S/C12H16N2O4/c1-17-11(15)7-8-14(12(13)16)18-9-10-5-3-2-4-6-10/h2-6H,7-9H2,1H3,(H2,13,16). The van der Waals surface area contributed by atoms with Gasteiger partial charge in [0, 0.05) is 0 Å². The molecular weight excluding hydrogens is 236 g/mol. The Morgan fingerprint density at radius 3 is 2.50 bits per heavy atom. The summed E-state index contributed by atoms with van der Waals surface area (Å²) in [4.78, 5) is 27.3. The van der Waals surface area contributed by atoms with Crippen LogP contribution < -0.4 is 5.73 Å². The SMILES string of the molecule is COC(=O)CCN(OCc1ccccc1)C(N)=O. The van der Waals surface area contributed by atoms with E-state index in [-0.39, 0.29) is 19.6 Å². The van der Waals surface area contributed by atoms with Crippen LogP contribution in [0.15, 0.2) is 30.3 Å². The average Bonchev–Trinajstić information content (AvgIpc) is 2.39. The summed E-state index contributed by atoms with van der Waals surface area (Å²) in [6.07, 6.45) is 0.0359. The highest BCUT2D eigenvalue weighted by Gasteiger charge is 2.13. The number of nitrogens with two attached hydrogens (primary N) is 1. The normalized spacial score (nSPS) is 9.83. The Morgan fingerprint density at radius 2 is 1.94 bits per heavy atom. The van der Waals surface area contributed by atoms with Gasteiger partial charge < -0.3 is 10.5 Å². The van der Waals surface area contributed by atoms with Crippen molar-refractivity contribution in [3.05, 3.63) is 35.9 Å². The van der Waals surface area contributed by atoms with Crippen molar-refractivity contribution < 1.29 is 19.2 Å². The molecule has 0 atom stereocenters. The zero-order valence-corrected chi connectivity index (χ0v) is 10.2. The van der Waals surface area contributed by atoms with Gasteiger partial charge in [-0.15, -0.1) is 0 Å². The molecule has 0 aromatic heterocycles. The molecule has 0 aliphatic carbocycles. The Labute approximate surface area is 105 Å². The van der Waals surface area contributed by atoms with Gasteiger partial charge in [-0.25, -0.2) is 9.86 Å². The minimum atomic E-state index is -0.741. The van der Waals surface area contributed by atoms with Crippen molar-refractivity contribution in [2.24, 2.45) is 5.73 Å². The molecule has 18 heavy (non-hydrogen) atoms. The van der Waals surface area contributed by atoms with Crippen molar-refractivity contribution in [3.8, 4) is 0 Å². The van der Waals surface area contributed by atoms with Gasteiger partial charge in [-0.1, -0.05) is 30.3 Å². The van der Waals surface area contributed by atoms with Gasteiger partial charge in [-0.3, -0.25) is 9.63 Å². The van der Waals surface area contributed by atoms with Crippen molar-refractivity contribution >= 4 is 12.0 Å². The lowest BCUT2D eigenvalue weighted by atomic mass is 10.2. The number of nitrogens with zero attached hydrogens (tertiary/aromatic N) is 1. The topological polar surface area (TPSA) is 81.9 Å². The van der Waals surface area contributed by atoms with E-state index in [0.29, 0.717) is 0 Å². The van der Waals surface area contributed by atoms with Gasteiger partial charge in [-0.05, 0) is 5.56 Å². The Morgan fingerprint density at radius 1 is 1.28 bits per heavy atom. The zero-order chi connectivity index (χ0) is 13.4. The van der Waals surface area contributed by atoms with E-state index in [0.717, 1.165) is 10.6 Å². The molecule has 98 valence electrons. The van der Waals surface area contributed by atoms with Crippen LogP contribution in [0, 0.1) is 0 Å². The van der Waals surface area contributed by atoms with Crippen molar-refractivity contribution in [1.29, 1.82) is 0 Å². The van der Waals surface area contributed by atoms with E-state index >= 15 is 0 Å². The number of hydroxylamine groups is 2. The first-order chi connectivity index (χ1) is 8.63. The Kier molecular flexibility index (Phi) is 5.66. The number of benzene rings is 1. The molecule has 0 aliphatic rings. The fourth-order valence-corrected chi connectivity index (χ4v) is 1.26. The molecule has 0 heterocycles. The number of primary amides is 1. The molecule has 2 N–H and O–H groups in total. The van der Waals surface area contributed by atoms with Crippen LogP contribution in [0.1, 0.15) is 12.0 Å². The Balaban J connectivity index is 2.43. The van der Waals surface area contributed by atoms with Gasteiger partial charge in [0.1, 0.15) is 6.61 Å². The third-order valence-corrected chi connectivity index (χ3v) is 2.22. The number of rotatable bonds is 6. The van der Waals surface area contributed by atoms with Crippen LogP contribution >= 0.6 is 0 Å². The molecule has 2 amide bonds. The molecule has 0 saturated carbocycles. The van der Waals surface area contributed by atoms with Crippen molar-refractivity contribution in [1.82, 2.24) is 5.06 Å². The van der Waals surface area contributed by atoms with E-state index < -0.39 is 12.0 Å². The zero-order valence-electron chi connectivity index (χ0n) is 10.2. The van der Waals surface area contributed by atoms with Crippen LogP contribution in [-0.4, -0.2) is 30.7 Å². The molecule has 1 aromatic carbocycles. The van der Waals surface area contributed by atoms with Crippen molar-refractivity contribution in [2.75, 3.05) is 13.7 Å². The first-order valence-electron chi connectivity index (χ1n) is 5.44. The molecule has 0 saturated heterocycles. The minimum absolute atomic E-state index is 0.0359. The molecule has 0 bridgehead atoms. The second kappa shape index (κ2) is 7.29. The first-order valence-corrected chi connectivity index (χ1v) is 5.44. The maximum absolute atomic E-state index is 11.1. The highest BCUT2D eigenvalue weighted by Crippen LogP contribution is 2.03. The maximum Gasteiger partial charge on any atom is 0.338 e. The molecule has 0 fully saturated rings. The van der Waals surface area contributed by atoms with Gasteiger partial charge >= 0.3 is 12.0 Å². The summed E-state index contributed by atoms with van der Waals surface area (Å²) in [6.45, 7) is 0.278. The molecular formula is C12H16N2O4. The lowest BCUT2D eigenvalue weighted by molar-refractivity contribution is -0.149. The largest absolute Gasteiger partial charge is 0.469 e. The average molecular weight is 252 g/mol. The first kappa shape index (κ1) is 14.0. The number of amides is 2. The van der Waals surface area contributed by atoms with Crippen molar-refractivity contribution in [3.63, 3.8) is 0 Å². The van der Waals surface area contributed by atoms with E-state index in [4.69, 9.17) is 10.6 Å². The van der Waals surface area contributed by atoms with E-state index in [9.17, 15) is 9.59 Å². The van der Waals surface area contributed by atoms with E-state index in [1.807, 2.05) is 30.3 Å². The lowest BCUT2D eigenvalue weighted by Gasteiger charge is -2.19. The number of carbonyl (C=O) groups is 2. The molecule has 1 rings (SSSR count). The summed E-state index contributed by atoms with van der Waals surface area (Å²) in [7, 11) is 1.28. The predicted molar refractivity (Wildman–Crippen MR) is 64.2 cm³/mol. The molecule has 0 radical (unpaired) electrons. The molecule has 0 spiro atoms. The monoisotopic (exact) mass is 252 g/mol. The molecule has 0 unspecified atom stereocenters. The summed E-state index contributed by atoms with van der Waals surface area (Å²) in [5.41, 5.74) is 6.04. The number of hydrogen-bond acceptors (Lipinski definition) is 4. The predicted octanol–water partition coefficient (Wildman–Crippen LogP) is 1.06. The number of methoxy groups -OCH3 is 1. The number of hydrogen-bond donors (Lipinski definition) is 1. The van der Waals surface area contributed by atoms with Gasteiger partial charge in [0.05, 0.1) is 20.1 Å². The highest BCUT2D eigenvalue weighted by atomic mass is 16.7. The molecule has 1 aromatic rings. The van der Waals surface area contributed by atoms with Gasteiger partial charge in [0.25, 0.3) is 0 Å². The number of esters is 1. The van der Waals surface area contributed by atoms with Gasteiger partial charge in [0.2, 0.25) is 0 Å². The Bertz CT molecular complexity index is 394. The summed E-state index contributed by atoms with van der Waals surface area (Å²) in [6, 6.07) is 8.59. The lowest BCUT2D eigenvalue weighted by Crippen LogP contribution is -2.37. The van der Waals surface area contributed by atoms with E-state index in [1.54, 1.807) is 0 Å². The van der Waals surface area contributed by atoms with E-state index in [1.165, 1.54) is 7.11 Å². The summed E-state index contributed by atoms with van der Waals surface area (Å²) >= 11 is 0. The summed E-state index contributed by atoms with van der Waals surface area (Å²) < 4.78 is 4.47. The van der Waals surface area contributed by atoms with Crippen molar-refractivity contribution in [2.45, 2.75) is 13.0 Å². The van der Waals surface area contributed by atoms with Gasteiger partial charge in [0.15, 0.2) is 0 Å². The smallest absolute Gasteiger partial charge is 0.338 e. The second-order valence-electron chi connectivity index (χ2n) is 3.53. The van der Waals surface area contributed by atoms with Crippen LogP contribution in [0.5, 0.6) is 0 Å². The second-order valence-corrected chi connectivity index (χ2v) is 3.53. The van der Waals surface area contributed by atoms with E-state index in [2.05, 4.69) is 4.74 Å². The van der Waals surface area contributed by atoms with Crippen LogP contribution in [0.4, 0.5) is 4.79 Å². The number of ether oxygens (including phenoxy) is 1. The molecule has 6 nitrogen and oxygen atoms in total. The Hall–Kier alpha value is -2.08. The van der Waals surface area contributed by atoms with Crippen LogP contribution in [0.25, 0.3) is 0 Å². The third-order valence-electron chi connectivity index (χ3n) is 2.22. The number of carbonyl (C=O) groups excluding carboxylic acids is 2. The summed E-state index contributed by atoms with van der Waals surface area (Å²) in [5.74, 6) is -0.426. The van der Waals surface area contributed by atoms with Crippen LogP contribution in [0.2, 0.25) is 0 Å². The van der Waals surface area contributed by atoms with Crippen LogP contribution in [0.3, 0.4) is 0 Å². The minimum Gasteiger partial charge on any atom is -0.469 e.